The summed E-state index contributed by atoms with van der Waals surface area (Å²) in [5.74, 6) is 1.79. The van der Waals surface area contributed by atoms with Crippen molar-refractivity contribution in [2.75, 3.05) is 7.05 Å². The smallest absolute Gasteiger partial charge is 0.127 e. The third-order valence-electron chi connectivity index (χ3n) is 1.24. The lowest BCUT2D eigenvalue weighted by atomic mass is 10.6. The van der Waals surface area contributed by atoms with Crippen LogP contribution in [0.1, 0.15) is 6.92 Å². The van der Waals surface area contributed by atoms with Crippen molar-refractivity contribution in [2.45, 2.75) is 6.92 Å². The average Bonchev–Trinajstić information content (AvgIpc) is 1.98. The van der Waals surface area contributed by atoms with Gasteiger partial charge < -0.3 is 4.90 Å². The van der Waals surface area contributed by atoms with Crippen LogP contribution in [-0.2, 0) is 0 Å². The molecular weight excluding hydrogens is 102 g/mol. The Hall–Kier alpha value is -0.990. The van der Waals surface area contributed by atoms with Gasteiger partial charge in [0.05, 0.1) is 0 Å². The molecule has 1 heterocycles. The number of hydrazone groups is 1. The van der Waals surface area contributed by atoms with Crippen molar-refractivity contribution < 1.29 is 0 Å². The summed E-state index contributed by atoms with van der Waals surface area (Å²) in [6.07, 6.45) is 0. The van der Waals surface area contributed by atoms with Gasteiger partial charge in [-0.1, -0.05) is 6.58 Å². The Bertz CT molecular complexity index is 148. The maximum atomic E-state index is 3.89. The van der Waals surface area contributed by atoms with E-state index in [0.717, 1.165) is 11.7 Å². The van der Waals surface area contributed by atoms with Gasteiger partial charge in [-0.15, -0.1) is 0 Å². The fourth-order valence-corrected chi connectivity index (χ4v) is 0.491. The topological polar surface area (TPSA) is 27.6 Å². The molecule has 0 aromatic rings. The van der Waals surface area contributed by atoms with Crippen LogP contribution in [0.3, 0.4) is 0 Å². The van der Waals surface area contributed by atoms with Gasteiger partial charge in [-0.05, 0) is 6.92 Å². The zero-order valence-corrected chi connectivity index (χ0v) is 5.10. The summed E-state index contributed by atoms with van der Waals surface area (Å²) in [5, 5.41) is 3.89. The van der Waals surface area contributed by atoms with Crippen LogP contribution in [0.4, 0.5) is 0 Å². The monoisotopic (exact) mass is 111 g/mol. The van der Waals surface area contributed by atoms with Gasteiger partial charge >= 0.3 is 0 Å². The van der Waals surface area contributed by atoms with Crippen LogP contribution in [0.5, 0.6) is 0 Å². The number of nitrogens with zero attached hydrogens (tertiary/aromatic N) is 2. The molecule has 0 aromatic carbocycles. The Morgan fingerprint density at radius 3 is 2.50 bits per heavy atom. The molecular formula is C5H9N3. The fourth-order valence-electron chi connectivity index (χ4n) is 0.491. The second kappa shape index (κ2) is 1.51. The van der Waals surface area contributed by atoms with E-state index in [0.29, 0.717) is 0 Å². The molecule has 0 fully saturated rings. The van der Waals surface area contributed by atoms with Crippen LogP contribution in [0, 0.1) is 0 Å². The predicted molar refractivity (Wildman–Crippen MR) is 33.1 cm³/mol. The highest BCUT2D eigenvalue weighted by molar-refractivity contribution is 5.82. The minimum absolute atomic E-state index is 0.836. The normalized spacial score (nSPS) is 18.5. The minimum atomic E-state index is 0.836. The lowest BCUT2D eigenvalue weighted by molar-refractivity contribution is 0.615. The number of amidine groups is 1. The van der Waals surface area contributed by atoms with Crippen LogP contribution in [0.2, 0.25) is 0 Å². The molecule has 8 heavy (non-hydrogen) atoms. The number of hydrogen-bond donors (Lipinski definition) is 1. The molecule has 0 atom stereocenters. The Morgan fingerprint density at radius 1 is 1.75 bits per heavy atom. The average molecular weight is 111 g/mol. The van der Waals surface area contributed by atoms with Crippen LogP contribution < -0.4 is 5.43 Å². The second-order valence-electron chi connectivity index (χ2n) is 1.78. The minimum Gasteiger partial charge on any atom is -0.317 e. The summed E-state index contributed by atoms with van der Waals surface area (Å²) in [5.41, 5.74) is 2.74. The molecule has 3 heteroatoms. The molecule has 0 saturated carbocycles. The van der Waals surface area contributed by atoms with Gasteiger partial charge in [0.15, 0.2) is 0 Å². The van der Waals surface area contributed by atoms with Crippen molar-refractivity contribution in [2.24, 2.45) is 5.10 Å². The van der Waals surface area contributed by atoms with E-state index in [4.69, 9.17) is 0 Å². The van der Waals surface area contributed by atoms with E-state index in [2.05, 4.69) is 17.1 Å². The predicted octanol–water partition coefficient (Wildman–Crippen LogP) is 0.326. The van der Waals surface area contributed by atoms with E-state index >= 15 is 0 Å². The largest absolute Gasteiger partial charge is 0.317 e. The van der Waals surface area contributed by atoms with Crippen molar-refractivity contribution in [3.63, 3.8) is 0 Å². The summed E-state index contributed by atoms with van der Waals surface area (Å²) in [6.45, 7) is 5.61. The molecule has 0 aliphatic carbocycles. The zero-order chi connectivity index (χ0) is 6.15. The van der Waals surface area contributed by atoms with E-state index in [-0.39, 0.29) is 0 Å². The standard InChI is InChI=1S/C5H9N3/c1-4-6-7-5(2)8(4)3/h6H,1H2,2-3H3. The molecule has 0 unspecified atom stereocenters. The lowest BCUT2D eigenvalue weighted by Crippen LogP contribution is -2.19. The summed E-state index contributed by atoms with van der Waals surface area (Å²) in [6, 6.07) is 0. The Morgan fingerprint density at radius 2 is 2.38 bits per heavy atom. The second-order valence-corrected chi connectivity index (χ2v) is 1.78. The van der Waals surface area contributed by atoms with Crippen molar-refractivity contribution in [1.82, 2.24) is 10.3 Å². The molecule has 1 N–H and O–H groups in total. The molecule has 0 radical (unpaired) electrons. The van der Waals surface area contributed by atoms with Gasteiger partial charge in [0.1, 0.15) is 11.7 Å². The van der Waals surface area contributed by atoms with Crippen molar-refractivity contribution >= 4 is 5.84 Å². The molecule has 44 valence electrons. The zero-order valence-electron chi connectivity index (χ0n) is 5.10. The first-order valence-corrected chi connectivity index (χ1v) is 2.45. The third-order valence-corrected chi connectivity index (χ3v) is 1.24. The molecule has 1 rings (SSSR count). The van der Waals surface area contributed by atoms with E-state index in [1.165, 1.54) is 0 Å². The molecule has 0 amide bonds. The van der Waals surface area contributed by atoms with Crippen LogP contribution >= 0.6 is 0 Å². The SMILES string of the molecule is C=C1NN=C(C)N1C. The van der Waals surface area contributed by atoms with Gasteiger partial charge in [0.25, 0.3) is 0 Å². The van der Waals surface area contributed by atoms with E-state index in [1.54, 1.807) is 0 Å². The molecule has 0 saturated heterocycles. The Kier molecular flexibility index (Phi) is 0.970. The van der Waals surface area contributed by atoms with Gasteiger partial charge in [0.2, 0.25) is 0 Å². The van der Waals surface area contributed by atoms with Crippen molar-refractivity contribution in [3.05, 3.63) is 12.4 Å². The molecule has 1 aliphatic rings. The molecule has 1 aliphatic heterocycles. The van der Waals surface area contributed by atoms with Gasteiger partial charge in [-0.3, -0.25) is 5.43 Å². The summed E-state index contributed by atoms with van der Waals surface area (Å²) >= 11 is 0. The van der Waals surface area contributed by atoms with Crippen LogP contribution in [0.15, 0.2) is 17.5 Å². The summed E-state index contributed by atoms with van der Waals surface area (Å²) in [7, 11) is 1.92. The third kappa shape index (κ3) is 0.559. The van der Waals surface area contributed by atoms with Gasteiger partial charge in [0, 0.05) is 7.05 Å². The van der Waals surface area contributed by atoms with E-state index < -0.39 is 0 Å². The number of rotatable bonds is 0. The maximum Gasteiger partial charge on any atom is 0.127 e. The summed E-state index contributed by atoms with van der Waals surface area (Å²) in [4.78, 5) is 1.89. The first-order chi connectivity index (χ1) is 3.72. The lowest BCUT2D eigenvalue weighted by Gasteiger charge is -2.08. The summed E-state index contributed by atoms with van der Waals surface area (Å²) < 4.78 is 0. The maximum absolute atomic E-state index is 3.89. The molecule has 0 bridgehead atoms. The first kappa shape index (κ1) is 5.15. The fraction of sp³-hybridized carbons (Fsp3) is 0.400. The highest BCUT2D eigenvalue weighted by Crippen LogP contribution is 2.01. The molecule has 0 spiro atoms. The number of hydrogen-bond acceptors (Lipinski definition) is 3. The van der Waals surface area contributed by atoms with Gasteiger partial charge in [-0.2, -0.15) is 5.10 Å². The highest BCUT2D eigenvalue weighted by atomic mass is 15.5. The Labute approximate surface area is 48.7 Å². The van der Waals surface area contributed by atoms with E-state index in [9.17, 15) is 0 Å². The van der Waals surface area contributed by atoms with Crippen LogP contribution in [-0.4, -0.2) is 17.8 Å². The van der Waals surface area contributed by atoms with E-state index in [1.807, 2.05) is 18.9 Å². The van der Waals surface area contributed by atoms with Crippen molar-refractivity contribution in [1.29, 1.82) is 0 Å². The number of nitrogens with one attached hydrogen (secondary N) is 1. The van der Waals surface area contributed by atoms with Gasteiger partial charge in [-0.25, -0.2) is 0 Å². The highest BCUT2D eigenvalue weighted by Gasteiger charge is 2.09. The molecule has 3 nitrogen and oxygen atoms in total. The van der Waals surface area contributed by atoms with Crippen LogP contribution in [0.25, 0.3) is 0 Å². The first-order valence-electron chi connectivity index (χ1n) is 2.45. The molecule has 0 aromatic heterocycles. The van der Waals surface area contributed by atoms with Crippen molar-refractivity contribution in [3.8, 4) is 0 Å². The Balaban J connectivity index is 2.72. The quantitative estimate of drug-likeness (QED) is 0.487.